The highest BCUT2D eigenvalue weighted by molar-refractivity contribution is 6.31. The number of ether oxygens (including phenoxy) is 1. The molecule has 1 heterocycles. The molecule has 5 nitrogen and oxygen atoms in total. The molecule has 0 radical (unpaired) electrons. The van der Waals surface area contributed by atoms with E-state index >= 15 is 0 Å². The third-order valence-electron chi connectivity index (χ3n) is 4.03. The van der Waals surface area contributed by atoms with Gasteiger partial charge in [0.25, 0.3) is 5.91 Å². The minimum Gasteiger partial charge on any atom is -0.478 e. The van der Waals surface area contributed by atoms with E-state index < -0.39 is 6.10 Å². The first kappa shape index (κ1) is 17.3. The van der Waals surface area contributed by atoms with Crippen molar-refractivity contribution < 1.29 is 14.3 Å². The first-order valence-electron chi connectivity index (χ1n) is 8.16. The molecule has 1 aliphatic heterocycles. The zero-order valence-corrected chi connectivity index (χ0v) is 14.6. The summed E-state index contributed by atoms with van der Waals surface area (Å²) in [7, 11) is 0. The van der Waals surface area contributed by atoms with E-state index in [0.29, 0.717) is 29.4 Å². The molecule has 0 saturated carbocycles. The highest BCUT2D eigenvalue weighted by Gasteiger charge is 2.34. The molecule has 1 N–H and O–H groups in total. The number of halogens is 1. The number of hydrogen-bond donors (Lipinski definition) is 1. The molecule has 0 saturated heterocycles. The SMILES string of the molecule is CC[C@H]1Oc2ccc(Cl)cc2N(CC(=O)NCc2ccccc2)C1=O. The van der Waals surface area contributed by atoms with E-state index in [0.717, 1.165) is 5.56 Å². The van der Waals surface area contributed by atoms with Gasteiger partial charge in [-0.05, 0) is 30.2 Å². The molecule has 0 aromatic heterocycles. The third-order valence-corrected chi connectivity index (χ3v) is 4.26. The first-order valence-corrected chi connectivity index (χ1v) is 8.54. The van der Waals surface area contributed by atoms with Crippen molar-refractivity contribution in [3.63, 3.8) is 0 Å². The summed E-state index contributed by atoms with van der Waals surface area (Å²) in [4.78, 5) is 26.4. The number of rotatable bonds is 5. The summed E-state index contributed by atoms with van der Waals surface area (Å²) >= 11 is 6.04. The molecule has 0 aliphatic carbocycles. The Kier molecular flexibility index (Phi) is 5.24. The molecule has 3 rings (SSSR count). The smallest absolute Gasteiger partial charge is 0.268 e. The fourth-order valence-electron chi connectivity index (χ4n) is 2.71. The predicted octanol–water partition coefficient (Wildman–Crippen LogP) is 3.16. The molecule has 0 bridgehead atoms. The quantitative estimate of drug-likeness (QED) is 0.893. The Balaban J connectivity index is 1.74. The van der Waals surface area contributed by atoms with E-state index in [4.69, 9.17) is 16.3 Å². The van der Waals surface area contributed by atoms with Crippen LogP contribution in [0, 0.1) is 0 Å². The number of amides is 2. The molecule has 2 aromatic rings. The second kappa shape index (κ2) is 7.57. The van der Waals surface area contributed by atoms with Crippen LogP contribution in [0.1, 0.15) is 18.9 Å². The Bertz CT molecular complexity index is 779. The standard InChI is InChI=1S/C19H19ClN2O3/c1-2-16-19(24)22(15-10-14(20)8-9-17(15)25-16)12-18(23)21-11-13-6-4-3-5-7-13/h3-10,16H,2,11-12H2,1H3,(H,21,23)/t16-/m1/s1. The molecule has 6 heteroatoms. The summed E-state index contributed by atoms with van der Waals surface area (Å²) in [6.45, 7) is 2.22. The van der Waals surface area contributed by atoms with Gasteiger partial charge in [0.1, 0.15) is 12.3 Å². The first-order chi connectivity index (χ1) is 12.1. The van der Waals surface area contributed by atoms with Crippen molar-refractivity contribution in [1.82, 2.24) is 5.32 Å². The minimum absolute atomic E-state index is 0.0706. The number of carbonyl (C=O) groups is 2. The van der Waals surface area contributed by atoms with Gasteiger partial charge in [-0.15, -0.1) is 0 Å². The van der Waals surface area contributed by atoms with E-state index in [9.17, 15) is 9.59 Å². The van der Waals surface area contributed by atoms with E-state index in [1.165, 1.54) is 4.90 Å². The van der Waals surface area contributed by atoms with Gasteiger partial charge in [0.15, 0.2) is 6.10 Å². The van der Waals surface area contributed by atoms with Crippen molar-refractivity contribution in [3.05, 3.63) is 59.1 Å². The van der Waals surface area contributed by atoms with Crippen LogP contribution < -0.4 is 15.0 Å². The van der Waals surface area contributed by atoms with Crippen LogP contribution in [-0.2, 0) is 16.1 Å². The zero-order chi connectivity index (χ0) is 17.8. The maximum absolute atomic E-state index is 12.6. The molecular weight excluding hydrogens is 340 g/mol. The van der Waals surface area contributed by atoms with Crippen LogP contribution in [-0.4, -0.2) is 24.5 Å². The molecule has 0 spiro atoms. The summed E-state index contributed by atoms with van der Waals surface area (Å²) in [6, 6.07) is 14.7. The van der Waals surface area contributed by atoms with Crippen molar-refractivity contribution in [1.29, 1.82) is 0 Å². The number of nitrogens with zero attached hydrogens (tertiary/aromatic N) is 1. The molecule has 2 aromatic carbocycles. The van der Waals surface area contributed by atoms with Gasteiger partial charge in [0.05, 0.1) is 5.69 Å². The van der Waals surface area contributed by atoms with Crippen LogP contribution >= 0.6 is 11.6 Å². The molecule has 130 valence electrons. The number of hydrogen-bond acceptors (Lipinski definition) is 3. The number of anilines is 1. The highest BCUT2D eigenvalue weighted by atomic mass is 35.5. The average Bonchev–Trinajstić information content (AvgIpc) is 2.63. The fourth-order valence-corrected chi connectivity index (χ4v) is 2.88. The van der Waals surface area contributed by atoms with Gasteiger partial charge in [-0.1, -0.05) is 48.9 Å². The van der Waals surface area contributed by atoms with Gasteiger partial charge in [0.2, 0.25) is 5.91 Å². The van der Waals surface area contributed by atoms with Crippen molar-refractivity contribution in [2.45, 2.75) is 26.0 Å². The lowest BCUT2D eigenvalue weighted by Gasteiger charge is -2.33. The summed E-state index contributed by atoms with van der Waals surface area (Å²) in [5, 5.41) is 3.32. The van der Waals surface area contributed by atoms with Crippen molar-refractivity contribution >= 4 is 29.1 Å². The topological polar surface area (TPSA) is 58.6 Å². The summed E-state index contributed by atoms with van der Waals surface area (Å²) < 4.78 is 5.71. The predicted molar refractivity (Wildman–Crippen MR) is 96.8 cm³/mol. The van der Waals surface area contributed by atoms with E-state index in [2.05, 4.69) is 5.32 Å². The normalized spacial score (nSPS) is 16.2. The van der Waals surface area contributed by atoms with Crippen LogP contribution in [0.4, 0.5) is 5.69 Å². The minimum atomic E-state index is -0.587. The lowest BCUT2D eigenvalue weighted by atomic mass is 10.1. The van der Waals surface area contributed by atoms with Crippen LogP contribution in [0.15, 0.2) is 48.5 Å². The van der Waals surface area contributed by atoms with Gasteiger partial charge in [-0.25, -0.2) is 0 Å². The number of fused-ring (bicyclic) bond motifs is 1. The lowest BCUT2D eigenvalue weighted by molar-refractivity contribution is -0.129. The fraction of sp³-hybridized carbons (Fsp3) is 0.263. The molecule has 1 aliphatic rings. The molecule has 2 amide bonds. The second-order valence-electron chi connectivity index (χ2n) is 5.81. The average molecular weight is 359 g/mol. The largest absolute Gasteiger partial charge is 0.478 e. The number of nitrogens with one attached hydrogen (secondary N) is 1. The zero-order valence-electron chi connectivity index (χ0n) is 13.9. The molecule has 0 unspecified atom stereocenters. The van der Waals surface area contributed by atoms with E-state index in [1.807, 2.05) is 37.3 Å². The Morgan fingerprint density at radius 1 is 1.24 bits per heavy atom. The van der Waals surface area contributed by atoms with Gasteiger partial charge in [-0.2, -0.15) is 0 Å². The Morgan fingerprint density at radius 2 is 2.00 bits per heavy atom. The Morgan fingerprint density at radius 3 is 2.72 bits per heavy atom. The summed E-state index contributed by atoms with van der Waals surface area (Å²) in [5.74, 6) is 0.0960. The van der Waals surface area contributed by atoms with Crippen LogP contribution in [0.5, 0.6) is 5.75 Å². The molecular formula is C19H19ClN2O3. The van der Waals surface area contributed by atoms with E-state index in [1.54, 1.807) is 18.2 Å². The van der Waals surface area contributed by atoms with Crippen molar-refractivity contribution in [3.8, 4) is 5.75 Å². The monoisotopic (exact) mass is 358 g/mol. The van der Waals surface area contributed by atoms with Gasteiger partial charge >= 0.3 is 0 Å². The molecule has 0 fully saturated rings. The molecule has 1 atom stereocenters. The maximum Gasteiger partial charge on any atom is 0.268 e. The third kappa shape index (κ3) is 3.94. The number of carbonyl (C=O) groups excluding carboxylic acids is 2. The van der Waals surface area contributed by atoms with Crippen LogP contribution in [0.3, 0.4) is 0 Å². The van der Waals surface area contributed by atoms with Gasteiger partial charge in [0, 0.05) is 11.6 Å². The van der Waals surface area contributed by atoms with Crippen molar-refractivity contribution in [2.24, 2.45) is 0 Å². The summed E-state index contributed by atoms with van der Waals surface area (Å²) in [6.07, 6.45) is -0.0566. The Labute approximate surface area is 151 Å². The van der Waals surface area contributed by atoms with Crippen LogP contribution in [0.2, 0.25) is 5.02 Å². The molecule has 25 heavy (non-hydrogen) atoms. The Hall–Kier alpha value is -2.53. The maximum atomic E-state index is 12.6. The number of benzene rings is 2. The lowest BCUT2D eigenvalue weighted by Crippen LogP contribution is -2.49. The van der Waals surface area contributed by atoms with E-state index in [-0.39, 0.29) is 18.4 Å². The van der Waals surface area contributed by atoms with Crippen molar-refractivity contribution in [2.75, 3.05) is 11.4 Å². The van der Waals surface area contributed by atoms with Crippen LogP contribution in [0.25, 0.3) is 0 Å². The van der Waals surface area contributed by atoms with Gasteiger partial charge in [-0.3, -0.25) is 14.5 Å². The van der Waals surface area contributed by atoms with Gasteiger partial charge < -0.3 is 10.1 Å². The summed E-state index contributed by atoms with van der Waals surface area (Å²) in [5.41, 5.74) is 1.52. The highest BCUT2D eigenvalue weighted by Crippen LogP contribution is 2.36. The second-order valence-corrected chi connectivity index (χ2v) is 6.25.